The van der Waals surface area contributed by atoms with E-state index in [1.807, 2.05) is 13.8 Å². The van der Waals surface area contributed by atoms with E-state index >= 15 is 0 Å². The minimum Gasteiger partial charge on any atom is -0.391 e. The van der Waals surface area contributed by atoms with Crippen LogP contribution in [0.2, 0.25) is 0 Å². The first-order chi connectivity index (χ1) is 9.22. The second-order valence-electron chi connectivity index (χ2n) is 5.79. The fraction of sp³-hybridized carbons (Fsp3) is 0.562. The number of thioether (sulfide) groups is 1. The number of rotatable bonds is 6. The fourth-order valence-electron chi connectivity index (χ4n) is 1.59. The normalized spacial score (nSPS) is 13.1. The maximum atomic E-state index is 11.8. The number of hydrogen-bond acceptors (Lipinski definition) is 3. The highest BCUT2D eigenvalue weighted by molar-refractivity contribution is 7.99. The molecular formula is C16H25NO2S. The van der Waals surface area contributed by atoms with Crippen LogP contribution < -0.4 is 5.32 Å². The lowest BCUT2D eigenvalue weighted by Crippen LogP contribution is -2.51. The predicted molar refractivity (Wildman–Crippen MR) is 85.2 cm³/mol. The van der Waals surface area contributed by atoms with Gasteiger partial charge in [-0.3, -0.25) is 4.79 Å². The van der Waals surface area contributed by atoms with Gasteiger partial charge in [0.25, 0.3) is 0 Å². The number of amides is 1. The average Bonchev–Trinajstić information content (AvgIpc) is 2.33. The van der Waals surface area contributed by atoms with E-state index in [9.17, 15) is 9.90 Å². The largest absolute Gasteiger partial charge is 0.391 e. The molecule has 0 aliphatic rings. The molecule has 0 heterocycles. The van der Waals surface area contributed by atoms with Crippen molar-refractivity contribution in [1.29, 1.82) is 0 Å². The third-order valence-electron chi connectivity index (χ3n) is 3.58. The Balaban J connectivity index is 2.40. The first kappa shape index (κ1) is 17.1. The van der Waals surface area contributed by atoms with Crippen LogP contribution in [0.25, 0.3) is 0 Å². The van der Waals surface area contributed by atoms with Gasteiger partial charge in [-0.2, -0.15) is 0 Å². The standard InChI is InChI=1S/C16H25NO2S/c1-11-6-7-14(10-12(11)2)20-9-8-15(19)17-16(4,5)13(3)18/h6-7,10,13,18H,8-9H2,1-5H3,(H,17,19). The van der Waals surface area contributed by atoms with Crippen LogP contribution in [0.15, 0.2) is 23.1 Å². The Morgan fingerprint density at radius 1 is 1.35 bits per heavy atom. The molecule has 0 saturated carbocycles. The SMILES string of the molecule is Cc1ccc(SCCC(=O)NC(C)(C)C(C)O)cc1C. The maximum absolute atomic E-state index is 11.8. The quantitative estimate of drug-likeness (QED) is 0.793. The van der Waals surface area contributed by atoms with Crippen molar-refractivity contribution >= 4 is 17.7 Å². The first-order valence-electron chi connectivity index (χ1n) is 6.91. The van der Waals surface area contributed by atoms with Gasteiger partial charge >= 0.3 is 0 Å². The van der Waals surface area contributed by atoms with Gasteiger partial charge in [-0.15, -0.1) is 11.8 Å². The molecule has 20 heavy (non-hydrogen) atoms. The highest BCUT2D eigenvalue weighted by Gasteiger charge is 2.25. The molecule has 1 aromatic carbocycles. The number of aliphatic hydroxyl groups is 1. The summed E-state index contributed by atoms with van der Waals surface area (Å²) >= 11 is 1.68. The molecule has 0 spiro atoms. The minimum absolute atomic E-state index is 0.0211. The molecule has 1 atom stereocenters. The van der Waals surface area contributed by atoms with Crippen molar-refractivity contribution in [3.63, 3.8) is 0 Å². The summed E-state index contributed by atoms with van der Waals surface area (Å²) < 4.78 is 0. The highest BCUT2D eigenvalue weighted by atomic mass is 32.2. The van der Waals surface area contributed by atoms with Crippen molar-refractivity contribution in [3.05, 3.63) is 29.3 Å². The molecule has 1 aromatic rings. The van der Waals surface area contributed by atoms with Crippen LogP contribution in [0.5, 0.6) is 0 Å². The summed E-state index contributed by atoms with van der Waals surface area (Å²) in [5, 5.41) is 12.4. The zero-order valence-corrected chi connectivity index (χ0v) is 13.8. The summed E-state index contributed by atoms with van der Waals surface area (Å²) in [5.41, 5.74) is 1.97. The number of benzene rings is 1. The third kappa shape index (κ3) is 5.17. The number of carbonyl (C=O) groups excluding carboxylic acids is 1. The second-order valence-corrected chi connectivity index (χ2v) is 6.96. The van der Waals surface area contributed by atoms with E-state index in [1.165, 1.54) is 16.0 Å². The molecule has 1 rings (SSSR count). The third-order valence-corrected chi connectivity index (χ3v) is 4.58. The summed E-state index contributed by atoms with van der Waals surface area (Å²) in [7, 11) is 0. The zero-order valence-electron chi connectivity index (χ0n) is 13.0. The molecule has 0 aromatic heterocycles. The highest BCUT2D eigenvalue weighted by Crippen LogP contribution is 2.21. The number of nitrogens with one attached hydrogen (secondary N) is 1. The van der Waals surface area contributed by atoms with E-state index in [4.69, 9.17) is 0 Å². The van der Waals surface area contributed by atoms with Crippen LogP contribution in [-0.4, -0.2) is 28.4 Å². The molecule has 2 N–H and O–H groups in total. The van der Waals surface area contributed by atoms with Crippen molar-refractivity contribution in [2.24, 2.45) is 0 Å². The zero-order chi connectivity index (χ0) is 15.3. The maximum Gasteiger partial charge on any atom is 0.221 e. The molecule has 0 aliphatic carbocycles. The summed E-state index contributed by atoms with van der Waals surface area (Å²) in [6.45, 7) is 9.52. The number of hydrogen-bond donors (Lipinski definition) is 2. The van der Waals surface area contributed by atoms with E-state index in [0.29, 0.717) is 6.42 Å². The molecule has 1 unspecified atom stereocenters. The minimum atomic E-state index is -0.581. The Hall–Kier alpha value is -1.00. The van der Waals surface area contributed by atoms with Gasteiger partial charge in [0.15, 0.2) is 0 Å². The van der Waals surface area contributed by atoms with Gasteiger partial charge in [0.05, 0.1) is 11.6 Å². The van der Waals surface area contributed by atoms with Crippen LogP contribution in [0, 0.1) is 13.8 Å². The molecule has 0 bridgehead atoms. The van der Waals surface area contributed by atoms with Crippen molar-refractivity contribution in [3.8, 4) is 0 Å². The molecule has 0 saturated heterocycles. The molecule has 4 heteroatoms. The Morgan fingerprint density at radius 3 is 2.55 bits per heavy atom. The van der Waals surface area contributed by atoms with Gasteiger partial charge in [0.2, 0.25) is 5.91 Å². The fourth-order valence-corrected chi connectivity index (χ4v) is 2.54. The van der Waals surface area contributed by atoms with Crippen LogP contribution >= 0.6 is 11.8 Å². The monoisotopic (exact) mass is 295 g/mol. The van der Waals surface area contributed by atoms with Crippen LogP contribution in [0.4, 0.5) is 0 Å². The second kappa shape index (κ2) is 7.14. The van der Waals surface area contributed by atoms with E-state index < -0.39 is 11.6 Å². The van der Waals surface area contributed by atoms with Crippen molar-refractivity contribution in [2.45, 2.75) is 57.6 Å². The Kier molecular flexibility index (Phi) is 6.08. The van der Waals surface area contributed by atoms with Gasteiger partial charge < -0.3 is 10.4 Å². The molecule has 112 valence electrons. The van der Waals surface area contributed by atoms with Crippen LogP contribution in [0.3, 0.4) is 0 Å². The number of carbonyl (C=O) groups is 1. The van der Waals surface area contributed by atoms with E-state index in [-0.39, 0.29) is 5.91 Å². The smallest absolute Gasteiger partial charge is 0.221 e. The predicted octanol–water partition coefficient (Wildman–Crippen LogP) is 3.06. The van der Waals surface area contributed by atoms with Gasteiger partial charge in [0, 0.05) is 17.1 Å². The molecule has 0 aliphatic heterocycles. The van der Waals surface area contributed by atoms with Gasteiger partial charge in [0.1, 0.15) is 0 Å². The molecule has 0 fully saturated rings. The van der Waals surface area contributed by atoms with E-state index in [2.05, 4.69) is 37.4 Å². The lowest BCUT2D eigenvalue weighted by Gasteiger charge is -2.29. The topological polar surface area (TPSA) is 49.3 Å². The summed E-state index contributed by atoms with van der Waals surface area (Å²) in [4.78, 5) is 13.0. The lowest BCUT2D eigenvalue weighted by molar-refractivity contribution is -0.123. The van der Waals surface area contributed by atoms with Crippen molar-refractivity contribution in [2.75, 3.05) is 5.75 Å². The average molecular weight is 295 g/mol. The van der Waals surface area contributed by atoms with E-state index in [1.54, 1.807) is 18.7 Å². The first-order valence-corrected chi connectivity index (χ1v) is 7.90. The Labute approximate surface area is 126 Å². The molecule has 0 radical (unpaired) electrons. The lowest BCUT2D eigenvalue weighted by atomic mass is 9.99. The van der Waals surface area contributed by atoms with Gasteiger partial charge in [-0.25, -0.2) is 0 Å². The summed E-state index contributed by atoms with van der Waals surface area (Å²) in [5.74, 6) is 0.719. The number of aliphatic hydroxyl groups excluding tert-OH is 1. The van der Waals surface area contributed by atoms with E-state index in [0.717, 1.165) is 5.75 Å². The van der Waals surface area contributed by atoms with Crippen molar-refractivity contribution < 1.29 is 9.90 Å². The van der Waals surface area contributed by atoms with Gasteiger partial charge in [-0.05, 0) is 57.9 Å². The number of aryl methyl sites for hydroxylation is 2. The van der Waals surface area contributed by atoms with Gasteiger partial charge in [-0.1, -0.05) is 6.07 Å². The van der Waals surface area contributed by atoms with Crippen LogP contribution in [0.1, 0.15) is 38.3 Å². The Bertz CT molecular complexity index is 470. The Morgan fingerprint density at radius 2 is 2.00 bits per heavy atom. The molecular weight excluding hydrogens is 270 g/mol. The summed E-state index contributed by atoms with van der Waals surface area (Å²) in [6.07, 6.45) is -0.118. The molecule has 3 nitrogen and oxygen atoms in total. The summed E-state index contributed by atoms with van der Waals surface area (Å²) in [6, 6.07) is 6.34. The van der Waals surface area contributed by atoms with Crippen molar-refractivity contribution in [1.82, 2.24) is 5.32 Å². The molecule has 1 amide bonds. The van der Waals surface area contributed by atoms with Crippen LogP contribution in [-0.2, 0) is 4.79 Å².